The summed E-state index contributed by atoms with van der Waals surface area (Å²) < 4.78 is 2.05. The van der Waals surface area contributed by atoms with Crippen molar-refractivity contribution in [2.75, 3.05) is 0 Å². The van der Waals surface area contributed by atoms with E-state index in [9.17, 15) is 0 Å². The van der Waals surface area contributed by atoms with E-state index in [1.165, 1.54) is 4.88 Å². The molecule has 1 aliphatic rings. The lowest BCUT2D eigenvalue weighted by atomic mass is 10.0. The summed E-state index contributed by atoms with van der Waals surface area (Å²) in [6, 6.07) is 19.9. The molecular weight excluding hydrogens is 402 g/mol. The topological polar surface area (TPSA) is 69.1 Å². The fourth-order valence-electron chi connectivity index (χ4n) is 3.54. The highest BCUT2D eigenvalue weighted by atomic mass is 35.5. The van der Waals surface area contributed by atoms with Gasteiger partial charge in [0.2, 0.25) is 0 Å². The second kappa shape index (κ2) is 7.22. The van der Waals surface area contributed by atoms with Gasteiger partial charge in [0, 0.05) is 26.6 Å². The van der Waals surface area contributed by atoms with Gasteiger partial charge in [-0.05, 0) is 18.6 Å². The van der Waals surface area contributed by atoms with Gasteiger partial charge in [-0.15, -0.1) is 21.5 Å². The molecule has 5 nitrogen and oxygen atoms in total. The molecule has 7 heteroatoms. The molecule has 29 heavy (non-hydrogen) atoms. The van der Waals surface area contributed by atoms with Gasteiger partial charge >= 0.3 is 0 Å². The Kier molecular flexibility index (Phi) is 4.54. The minimum absolute atomic E-state index is 0.622. The number of fused-ring (bicyclic) bond motifs is 3. The van der Waals surface area contributed by atoms with Crippen molar-refractivity contribution in [1.29, 1.82) is 0 Å². The van der Waals surface area contributed by atoms with Gasteiger partial charge < -0.3 is 5.73 Å². The molecule has 0 saturated heterocycles. The van der Waals surface area contributed by atoms with Crippen LogP contribution in [-0.4, -0.2) is 20.5 Å². The average Bonchev–Trinajstić information content (AvgIpc) is 3.35. The predicted octanol–water partition coefficient (Wildman–Crippen LogP) is 5.02. The second-order valence-corrected chi connectivity index (χ2v) is 8.29. The van der Waals surface area contributed by atoms with E-state index in [0.29, 0.717) is 10.8 Å². The lowest BCUT2D eigenvalue weighted by Crippen LogP contribution is -2.14. The zero-order valence-corrected chi connectivity index (χ0v) is 17.3. The van der Waals surface area contributed by atoms with Crippen LogP contribution in [0.4, 0.5) is 0 Å². The van der Waals surface area contributed by atoms with Gasteiger partial charge in [0.25, 0.3) is 0 Å². The number of halogens is 1. The Hall–Kier alpha value is -2.80. The summed E-state index contributed by atoms with van der Waals surface area (Å²) in [5.41, 5.74) is 10.1. The third-order valence-electron chi connectivity index (χ3n) is 4.95. The Morgan fingerprint density at radius 1 is 1.03 bits per heavy atom. The molecule has 1 aliphatic heterocycles. The lowest BCUT2D eigenvalue weighted by Gasteiger charge is -2.10. The highest BCUT2D eigenvalue weighted by Gasteiger charge is 2.30. The third-order valence-corrected chi connectivity index (χ3v) is 6.55. The first kappa shape index (κ1) is 18.2. The Balaban J connectivity index is 1.80. The Labute approximate surface area is 177 Å². The second-order valence-electron chi connectivity index (χ2n) is 6.77. The predicted molar refractivity (Wildman–Crippen MR) is 118 cm³/mol. The zero-order chi connectivity index (χ0) is 20.0. The van der Waals surface area contributed by atoms with Crippen LogP contribution in [0.3, 0.4) is 0 Å². The van der Waals surface area contributed by atoms with Crippen molar-refractivity contribution in [3.8, 4) is 16.4 Å². The molecule has 0 saturated carbocycles. The van der Waals surface area contributed by atoms with E-state index in [2.05, 4.69) is 23.2 Å². The molecule has 5 rings (SSSR count). The van der Waals surface area contributed by atoms with E-state index in [1.54, 1.807) is 11.3 Å². The van der Waals surface area contributed by atoms with Crippen molar-refractivity contribution in [3.63, 3.8) is 0 Å². The Bertz CT molecular complexity index is 1230. The molecule has 3 heterocycles. The molecule has 1 atom stereocenters. The minimum Gasteiger partial charge on any atom is -0.303 e. The summed E-state index contributed by atoms with van der Waals surface area (Å²) in [5.74, 6) is 1.38. The van der Waals surface area contributed by atoms with E-state index in [4.69, 9.17) is 22.3 Å². The molecule has 0 radical (unpaired) electrons. The van der Waals surface area contributed by atoms with E-state index in [1.807, 2.05) is 59.2 Å². The first-order chi connectivity index (χ1) is 14.2. The van der Waals surface area contributed by atoms with Crippen LogP contribution in [0.15, 0.2) is 65.7 Å². The summed E-state index contributed by atoms with van der Waals surface area (Å²) >= 11 is 8.24. The summed E-state index contributed by atoms with van der Waals surface area (Å²) in [4.78, 5) is 6.09. The van der Waals surface area contributed by atoms with Gasteiger partial charge in [-0.2, -0.15) is 0 Å². The van der Waals surface area contributed by atoms with Crippen LogP contribution in [0.2, 0.25) is 5.02 Å². The van der Waals surface area contributed by atoms with Crippen LogP contribution in [0.25, 0.3) is 16.4 Å². The van der Waals surface area contributed by atoms with E-state index in [0.717, 1.165) is 39.6 Å². The Morgan fingerprint density at radius 2 is 1.79 bits per heavy atom. The number of nitrogens with zero attached hydrogens (tertiary/aromatic N) is 4. The number of aromatic nitrogens is 3. The summed E-state index contributed by atoms with van der Waals surface area (Å²) in [6.07, 6.45) is 0.286. The number of hydrogen-bond acceptors (Lipinski definition) is 5. The fraction of sp³-hybridized carbons (Fsp3) is 0.136. The van der Waals surface area contributed by atoms with Crippen LogP contribution in [0, 0.1) is 0 Å². The fourth-order valence-corrected chi connectivity index (χ4v) is 4.87. The van der Waals surface area contributed by atoms with Crippen LogP contribution in [0.1, 0.15) is 34.9 Å². The molecular formula is C22H18ClN5S. The van der Waals surface area contributed by atoms with Gasteiger partial charge in [-0.1, -0.05) is 67.1 Å². The molecule has 2 aromatic carbocycles. The normalized spacial score (nSPS) is 15.4. The zero-order valence-electron chi connectivity index (χ0n) is 15.7. The maximum atomic E-state index is 6.53. The SMILES string of the molecule is CCc1cc2c(s1)-n1c(-c3ccccc3)nnc1C(N)N=C2c1ccccc1Cl. The van der Waals surface area contributed by atoms with Crippen LogP contribution >= 0.6 is 22.9 Å². The van der Waals surface area contributed by atoms with E-state index >= 15 is 0 Å². The number of thiophene rings is 1. The van der Waals surface area contributed by atoms with E-state index < -0.39 is 6.17 Å². The monoisotopic (exact) mass is 419 g/mol. The van der Waals surface area contributed by atoms with Crippen molar-refractivity contribution in [3.05, 3.63) is 87.5 Å². The maximum absolute atomic E-state index is 6.53. The summed E-state index contributed by atoms with van der Waals surface area (Å²) in [6.45, 7) is 2.15. The van der Waals surface area contributed by atoms with Gasteiger partial charge in [-0.25, -0.2) is 0 Å². The highest BCUT2D eigenvalue weighted by Crippen LogP contribution is 2.38. The smallest absolute Gasteiger partial charge is 0.178 e. The molecule has 0 aliphatic carbocycles. The first-order valence-electron chi connectivity index (χ1n) is 9.40. The number of aryl methyl sites for hydroxylation is 1. The van der Waals surface area contributed by atoms with Crippen LogP contribution in [-0.2, 0) is 6.42 Å². The lowest BCUT2D eigenvalue weighted by molar-refractivity contribution is 0.695. The largest absolute Gasteiger partial charge is 0.303 e. The molecule has 4 aromatic rings. The molecule has 0 fully saturated rings. The molecule has 2 N–H and O–H groups in total. The molecule has 1 unspecified atom stereocenters. The van der Waals surface area contributed by atoms with Gasteiger partial charge in [0.05, 0.1) is 5.71 Å². The highest BCUT2D eigenvalue weighted by molar-refractivity contribution is 7.15. The number of aliphatic imine (C=N–C) groups is 1. The molecule has 144 valence electrons. The minimum atomic E-state index is -0.643. The van der Waals surface area contributed by atoms with Gasteiger partial charge in [0.15, 0.2) is 17.8 Å². The van der Waals surface area contributed by atoms with Crippen molar-refractivity contribution in [1.82, 2.24) is 14.8 Å². The maximum Gasteiger partial charge on any atom is 0.178 e. The molecule has 0 amide bonds. The molecule has 0 spiro atoms. The van der Waals surface area contributed by atoms with Gasteiger partial charge in [-0.3, -0.25) is 9.56 Å². The number of rotatable bonds is 3. The number of hydrogen-bond donors (Lipinski definition) is 1. The average molecular weight is 420 g/mol. The van der Waals surface area contributed by atoms with Crippen molar-refractivity contribution in [2.45, 2.75) is 19.5 Å². The number of nitrogens with two attached hydrogens (primary N) is 1. The van der Waals surface area contributed by atoms with Crippen molar-refractivity contribution in [2.24, 2.45) is 10.7 Å². The summed E-state index contributed by atoms with van der Waals surface area (Å²) in [5, 5.41) is 10.5. The Morgan fingerprint density at radius 3 is 2.55 bits per heavy atom. The van der Waals surface area contributed by atoms with Gasteiger partial charge in [0.1, 0.15) is 5.00 Å². The molecule has 2 aromatic heterocycles. The third kappa shape index (κ3) is 3.00. The standard InChI is InChI=1S/C22H18ClN5S/c1-2-14-12-16-18(15-10-6-7-11-17(15)23)25-19(24)21-27-26-20(28(21)22(16)29-14)13-8-4-3-5-9-13/h3-12,19H,2,24H2,1H3. The number of benzene rings is 2. The van der Waals surface area contributed by atoms with Crippen LogP contribution < -0.4 is 5.73 Å². The molecule has 0 bridgehead atoms. The van der Waals surface area contributed by atoms with Crippen LogP contribution in [0.5, 0.6) is 0 Å². The quantitative estimate of drug-likeness (QED) is 0.506. The summed E-state index contributed by atoms with van der Waals surface area (Å²) in [7, 11) is 0. The van der Waals surface area contributed by atoms with Crippen molar-refractivity contribution < 1.29 is 0 Å². The van der Waals surface area contributed by atoms with E-state index in [-0.39, 0.29) is 0 Å². The first-order valence-corrected chi connectivity index (χ1v) is 10.6. The van der Waals surface area contributed by atoms with Crippen molar-refractivity contribution >= 4 is 28.6 Å².